The number of thiophene rings is 1. The summed E-state index contributed by atoms with van der Waals surface area (Å²) in [5, 5.41) is 1.15. The number of ether oxygens (including phenoxy) is 2. The van der Waals surface area contributed by atoms with Gasteiger partial charge in [0.2, 0.25) is 5.60 Å². The molecule has 0 N–H and O–H groups in total. The molecule has 0 radical (unpaired) electrons. The number of carbonyl (C=O) groups excluding carboxylic acids is 2. The van der Waals surface area contributed by atoms with Crippen LogP contribution in [0.3, 0.4) is 0 Å². The fourth-order valence-electron chi connectivity index (χ4n) is 6.18. The van der Waals surface area contributed by atoms with Crippen LogP contribution in [-0.2, 0) is 30.1 Å². The smallest absolute Gasteiger partial charge is 0.425 e. The minimum Gasteiger partial charge on any atom is -0.497 e. The number of methoxy groups -OCH3 is 1. The van der Waals surface area contributed by atoms with Gasteiger partial charge in [0.15, 0.2) is 0 Å². The Balaban J connectivity index is 1.59. The number of likely N-dealkylation sites (tertiary alicyclic amines) is 1. The molecule has 2 aromatic heterocycles. The second-order valence-electron chi connectivity index (χ2n) is 11.1. The fraction of sp³-hybridized carbons (Fsp3) is 0.452. The Morgan fingerprint density at radius 3 is 2.49 bits per heavy atom. The molecule has 0 spiro atoms. The molecule has 0 unspecified atom stereocenters. The summed E-state index contributed by atoms with van der Waals surface area (Å²) in [5.74, 6) is -1.20. The molecule has 0 bridgehead atoms. The number of hydrogen-bond donors (Lipinski definition) is 0. The van der Waals surface area contributed by atoms with Crippen LogP contribution in [0, 0.1) is 0 Å². The number of rotatable bonds is 7. The molecule has 2 amide bonds. The maximum Gasteiger partial charge on any atom is 0.425 e. The Morgan fingerprint density at radius 1 is 1.04 bits per heavy atom. The second kappa shape index (κ2) is 12.5. The Labute approximate surface area is 259 Å². The molecule has 0 aliphatic carbocycles. The number of carbonyl (C=O) groups is 2. The predicted octanol–water partition coefficient (Wildman–Crippen LogP) is 7.00. The van der Waals surface area contributed by atoms with Gasteiger partial charge in [-0.25, -0.2) is 0 Å². The van der Waals surface area contributed by atoms with Gasteiger partial charge >= 0.3 is 12.4 Å². The number of fused-ring (bicyclic) bond motifs is 1. The van der Waals surface area contributed by atoms with E-state index in [1.54, 1.807) is 13.0 Å². The van der Waals surface area contributed by atoms with Crippen LogP contribution >= 0.6 is 11.3 Å². The highest BCUT2D eigenvalue weighted by Gasteiger charge is 2.56. The maximum absolute atomic E-state index is 14.7. The van der Waals surface area contributed by atoms with Gasteiger partial charge in [-0.3, -0.25) is 14.6 Å². The zero-order chi connectivity index (χ0) is 32.6. The number of benzene rings is 1. The Hall–Kier alpha value is -3.81. The largest absolute Gasteiger partial charge is 0.497 e. The Bertz CT molecular complexity index is 1560. The molecule has 1 saturated heterocycles. The van der Waals surface area contributed by atoms with E-state index in [1.165, 1.54) is 16.9 Å². The number of piperidine rings is 1. The summed E-state index contributed by atoms with van der Waals surface area (Å²) >= 11 is 0.405. The van der Waals surface area contributed by atoms with E-state index in [1.807, 2.05) is 12.1 Å². The first-order chi connectivity index (χ1) is 21.3. The van der Waals surface area contributed by atoms with Gasteiger partial charge in [-0.2, -0.15) is 26.3 Å². The Kier molecular flexibility index (Phi) is 9.07. The summed E-state index contributed by atoms with van der Waals surface area (Å²) in [6, 6.07) is 7.06. The molecule has 1 fully saturated rings. The predicted molar refractivity (Wildman–Crippen MR) is 153 cm³/mol. The van der Waals surface area contributed by atoms with Crippen LogP contribution in [0.4, 0.5) is 26.3 Å². The molecular weight excluding hydrogens is 624 g/mol. The minimum atomic E-state index is -4.87. The van der Waals surface area contributed by atoms with Crippen molar-refractivity contribution in [1.82, 2.24) is 14.8 Å². The monoisotopic (exact) mass is 655 g/mol. The maximum atomic E-state index is 14.7. The lowest BCUT2D eigenvalue weighted by molar-refractivity contribution is -0.160. The highest BCUT2D eigenvalue weighted by molar-refractivity contribution is 7.10. The van der Waals surface area contributed by atoms with Gasteiger partial charge in [0, 0.05) is 43.7 Å². The Morgan fingerprint density at radius 2 is 1.82 bits per heavy atom. The summed E-state index contributed by atoms with van der Waals surface area (Å²) in [6.07, 6.45) is -7.22. The minimum absolute atomic E-state index is 0.00717. The van der Waals surface area contributed by atoms with Crippen LogP contribution in [0.15, 0.2) is 48.0 Å². The van der Waals surface area contributed by atoms with Crippen molar-refractivity contribution in [3.05, 3.63) is 75.2 Å². The number of hydrogen-bond acceptors (Lipinski definition) is 6. The quantitative estimate of drug-likeness (QED) is 0.257. The molecular formula is C31H31F6N3O4S. The van der Waals surface area contributed by atoms with Crippen molar-refractivity contribution in [2.75, 3.05) is 20.2 Å². The van der Waals surface area contributed by atoms with E-state index in [9.17, 15) is 35.9 Å². The summed E-state index contributed by atoms with van der Waals surface area (Å²) < 4.78 is 94.0. The standard InChI is InChI=1S/C31H31F6N3O4S/c1-3-6-24-29(44-22-16-25(45-18-22)31(35,36)37,28(42)39-14-10-19-8-9-21(43-2)15-20(19)17-39)11-5-13-40(24)27(41)26-23(30(32,33)34)7-4-12-38-26/h4,7-9,12,15-16,18,24H,3,5-6,10-11,13-14,17H2,1-2H3/t24-,29-/m1/s1. The number of amides is 2. The van der Waals surface area contributed by atoms with Gasteiger partial charge in [0.1, 0.15) is 22.1 Å². The lowest BCUT2D eigenvalue weighted by Crippen LogP contribution is -2.68. The average Bonchev–Trinajstić information content (AvgIpc) is 3.49. The lowest BCUT2D eigenvalue weighted by atomic mass is 9.79. The van der Waals surface area contributed by atoms with Crippen molar-refractivity contribution < 1.29 is 45.4 Å². The van der Waals surface area contributed by atoms with E-state index in [-0.39, 0.29) is 44.6 Å². The van der Waals surface area contributed by atoms with Crippen LogP contribution in [0.2, 0.25) is 0 Å². The van der Waals surface area contributed by atoms with Gasteiger partial charge in [0.05, 0.1) is 18.7 Å². The molecule has 2 aliphatic heterocycles. The summed E-state index contributed by atoms with van der Waals surface area (Å²) in [5.41, 5.74) is -2.09. The summed E-state index contributed by atoms with van der Waals surface area (Å²) in [6.45, 7) is 2.21. The van der Waals surface area contributed by atoms with E-state index in [0.717, 1.165) is 40.9 Å². The third kappa shape index (κ3) is 6.47. The zero-order valence-electron chi connectivity index (χ0n) is 24.5. The molecule has 2 aliphatic rings. The van der Waals surface area contributed by atoms with Crippen molar-refractivity contribution >= 4 is 23.2 Å². The summed E-state index contributed by atoms with van der Waals surface area (Å²) in [7, 11) is 1.52. The fourth-order valence-corrected chi connectivity index (χ4v) is 6.85. The number of alkyl halides is 6. The number of halogens is 6. The van der Waals surface area contributed by atoms with Crippen molar-refractivity contribution in [2.45, 2.75) is 69.6 Å². The van der Waals surface area contributed by atoms with Gasteiger partial charge in [0.25, 0.3) is 11.8 Å². The highest BCUT2D eigenvalue weighted by Crippen LogP contribution is 2.43. The van der Waals surface area contributed by atoms with Crippen LogP contribution in [0.25, 0.3) is 0 Å². The molecule has 0 saturated carbocycles. The molecule has 4 heterocycles. The van der Waals surface area contributed by atoms with Gasteiger partial charge in [-0.1, -0.05) is 19.4 Å². The van der Waals surface area contributed by atoms with Crippen molar-refractivity contribution in [1.29, 1.82) is 0 Å². The highest BCUT2D eigenvalue weighted by atomic mass is 32.1. The number of aromatic nitrogens is 1. The van der Waals surface area contributed by atoms with Crippen LogP contribution in [0.5, 0.6) is 11.5 Å². The van der Waals surface area contributed by atoms with Crippen LogP contribution < -0.4 is 9.47 Å². The molecule has 3 aromatic rings. The van der Waals surface area contributed by atoms with E-state index in [0.29, 0.717) is 29.9 Å². The number of nitrogens with zero attached hydrogens (tertiary/aromatic N) is 3. The second-order valence-corrected chi connectivity index (χ2v) is 12.0. The molecule has 1 aromatic carbocycles. The van der Waals surface area contributed by atoms with E-state index in [2.05, 4.69) is 4.98 Å². The molecule has 45 heavy (non-hydrogen) atoms. The third-order valence-corrected chi connectivity index (χ3v) is 9.18. The molecule has 5 rings (SSSR count). The first-order valence-corrected chi connectivity index (χ1v) is 15.3. The zero-order valence-corrected chi connectivity index (χ0v) is 25.3. The third-order valence-electron chi connectivity index (χ3n) is 8.23. The number of pyridine rings is 1. The van der Waals surface area contributed by atoms with Crippen molar-refractivity contribution in [2.24, 2.45) is 0 Å². The topological polar surface area (TPSA) is 72.0 Å². The van der Waals surface area contributed by atoms with Crippen molar-refractivity contribution in [3.63, 3.8) is 0 Å². The molecule has 7 nitrogen and oxygen atoms in total. The van der Waals surface area contributed by atoms with E-state index >= 15 is 0 Å². The normalized spacial score (nSPS) is 20.5. The van der Waals surface area contributed by atoms with Gasteiger partial charge in [-0.05, 0) is 54.7 Å². The van der Waals surface area contributed by atoms with Crippen molar-refractivity contribution in [3.8, 4) is 11.5 Å². The van der Waals surface area contributed by atoms with E-state index in [4.69, 9.17) is 9.47 Å². The summed E-state index contributed by atoms with van der Waals surface area (Å²) in [4.78, 5) is 34.1. The molecule has 242 valence electrons. The van der Waals surface area contributed by atoms with Gasteiger partial charge in [-0.15, -0.1) is 11.3 Å². The average molecular weight is 656 g/mol. The molecule has 14 heteroatoms. The molecule has 2 atom stereocenters. The van der Waals surface area contributed by atoms with E-state index < -0.39 is 51.9 Å². The van der Waals surface area contributed by atoms with Crippen LogP contribution in [-0.4, -0.2) is 58.4 Å². The van der Waals surface area contributed by atoms with Crippen LogP contribution in [0.1, 0.15) is 64.7 Å². The SMILES string of the molecule is CCC[C@H]1N(C(=O)c2ncccc2C(F)(F)F)CCC[C@]1(Oc1csc(C(F)(F)F)c1)C(=O)N1CCc2ccc(OC)cc2C1. The lowest BCUT2D eigenvalue weighted by Gasteiger charge is -2.50. The van der Waals surface area contributed by atoms with Gasteiger partial charge < -0.3 is 19.3 Å². The first kappa shape index (κ1) is 32.6. The first-order valence-electron chi connectivity index (χ1n) is 14.4.